The minimum Gasteiger partial charge on any atom is -0.481 e. The maximum absolute atomic E-state index is 13.2. The molecule has 0 amide bonds. The summed E-state index contributed by atoms with van der Waals surface area (Å²) in [6, 6.07) is 5.79. The van der Waals surface area contributed by atoms with Crippen LogP contribution in [0.5, 0.6) is 0 Å². The lowest BCUT2D eigenvalue weighted by molar-refractivity contribution is -0.133. The highest BCUT2D eigenvalue weighted by Gasteiger charge is 2.24. The number of nitrogens with one attached hydrogen (secondary N) is 1. The summed E-state index contributed by atoms with van der Waals surface area (Å²) in [6.07, 6.45) is 0. The molecule has 0 atom stereocenters. The topological polar surface area (TPSA) is 78.9 Å². The van der Waals surface area contributed by atoms with Gasteiger partial charge in [-0.05, 0) is 6.07 Å². The zero-order valence-corrected chi connectivity index (χ0v) is 11.2. The SMILES string of the molecule is CC(F)(F)c1cccc(-c2nnc(SCC(=O)O)[nH]2)c1. The van der Waals surface area contributed by atoms with Crippen molar-refractivity contribution in [2.45, 2.75) is 18.0 Å². The summed E-state index contributed by atoms with van der Waals surface area (Å²) in [5.41, 5.74) is 0.352. The number of aromatic amines is 1. The number of benzene rings is 1. The molecule has 106 valence electrons. The number of carboxylic acid groups (broad SMARTS) is 1. The molecule has 1 aromatic carbocycles. The maximum atomic E-state index is 13.2. The number of carboxylic acids is 1. The van der Waals surface area contributed by atoms with Gasteiger partial charge >= 0.3 is 5.97 Å². The molecule has 0 saturated carbocycles. The van der Waals surface area contributed by atoms with Gasteiger partial charge in [-0.3, -0.25) is 4.79 Å². The number of nitrogens with zero attached hydrogens (tertiary/aromatic N) is 2. The molecular formula is C12H11F2N3O2S. The molecule has 0 aliphatic carbocycles. The van der Waals surface area contributed by atoms with Gasteiger partial charge in [0.25, 0.3) is 5.92 Å². The number of aromatic nitrogens is 3. The Labute approximate surface area is 117 Å². The fourth-order valence-corrected chi connectivity index (χ4v) is 2.04. The van der Waals surface area contributed by atoms with Gasteiger partial charge in [0, 0.05) is 18.1 Å². The number of hydrogen-bond acceptors (Lipinski definition) is 4. The Morgan fingerprint density at radius 1 is 1.45 bits per heavy atom. The highest BCUT2D eigenvalue weighted by Crippen LogP contribution is 2.29. The Balaban J connectivity index is 2.22. The van der Waals surface area contributed by atoms with Crippen molar-refractivity contribution in [2.75, 3.05) is 5.75 Å². The van der Waals surface area contributed by atoms with E-state index in [0.29, 0.717) is 16.5 Å². The molecule has 0 unspecified atom stereocenters. The predicted molar refractivity (Wildman–Crippen MR) is 69.7 cm³/mol. The van der Waals surface area contributed by atoms with Crippen LogP contribution in [0.15, 0.2) is 29.4 Å². The maximum Gasteiger partial charge on any atom is 0.313 e. The number of halogens is 2. The lowest BCUT2D eigenvalue weighted by atomic mass is 10.1. The van der Waals surface area contributed by atoms with Crippen molar-refractivity contribution in [3.8, 4) is 11.4 Å². The van der Waals surface area contributed by atoms with E-state index in [1.54, 1.807) is 6.07 Å². The first-order valence-corrected chi connectivity index (χ1v) is 6.61. The molecule has 0 aliphatic rings. The van der Waals surface area contributed by atoms with Crippen LogP contribution in [0.4, 0.5) is 8.78 Å². The number of hydrogen-bond donors (Lipinski definition) is 2. The van der Waals surface area contributed by atoms with Crippen LogP contribution in [-0.4, -0.2) is 32.0 Å². The Morgan fingerprint density at radius 2 is 2.20 bits per heavy atom. The highest BCUT2D eigenvalue weighted by molar-refractivity contribution is 7.99. The van der Waals surface area contributed by atoms with E-state index in [9.17, 15) is 13.6 Å². The van der Waals surface area contributed by atoms with Crippen molar-refractivity contribution in [3.05, 3.63) is 29.8 Å². The van der Waals surface area contributed by atoms with E-state index in [1.165, 1.54) is 18.2 Å². The molecule has 8 heteroatoms. The first-order chi connectivity index (χ1) is 9.36. The molecule has 0 bridgehead atoms. The second kappa shape index (κ2) is 5.58. The Kier molecular flexibility index (Phi) is 4.03. The molecule has 2 N–H and O–H groups in total. The van der Waals surface area contributed by atoms with E-state index in [2.05, 4.69) is 15.2 Å². The van der Waals surface area contributed by atoms with Gasteiger partial charge in [0.2, 0.25) is 0 Å². The first kappa shape index (κ1) is 14.4. The van der Waals surface area contributed by atoms with Gasteiger partial charge in [0.15, 0.2) is 11.0 Å². The normalized spacial score (nSPS) is 11.6. The Morgan fingerprint density at radius 3 is 2.85 bits per heavy atom. The van der Waals surface area contributed by atoms with Gasteiger partial charge < -0.3 is 10.1 Å². The van der Waals surface area contributed by atoms with Crippen molar-refractivity contribution in [1.82, 2.24) is 15.2 Å². The summed E-state index contributed by atoms with van der Waals surface area (Å²) in [5.74, 6) is -3.73. The average Bonchev–Trinajstić information content (AvgIpc) is 2.84. The lowest BCUT2D eigenvalue weighted by Gasteiger charge is -2.10. The van der Waals surface area contributed by atoms with Crippen LogP contribution in [0.2, 0.25) is 0 Å². The quantitative estimate of drug-likeness (QED) is 0.830. The highest BCUT2D eigenvalue weighted by atomic mass is 32.2. The molecule has 0 aliphatic heterocycles. The van der Waals surface area contributed by atoms with Crippen molar-refractivity contribution in [2.24, 2.45) is 0 Å². The second-order valence-electron chi connectivity index (χ2n) is 4.13. The van der Waals surface area contributed by atoms with Crippen molar-refractivity contribution < 1.29 is 18.7 Å². The van der Waals surface area contributed by atoms with Crippen molar-refractivity contribution >= 4 is 17.7 Å². The third-order valence-corrected chi connectivity index (χ3v) is 3.29. The smallest absolute Gasteiger partial charge is 0.313 e. The average molecular weight is 299 g/mol. The fraction of sp³-hybridized carbons (Fsp3) is 0.250. The van der Waals surface area contributed by atoms with Gasteiger partial charge in [-0.25, -0.2) is 8.78 Å². The molecule has 0 fully saturated rings. The number of aliphatic carboxylic acids is 1. The third-order valence-electron chi connectivity index (χ3n) is 2.44. The van der Waals surface area contributed by atoms with E-state index in [0.717, 1.165) is 18.7 Å². The predicted octanol–water partition coefficient (Wildman–Crippen LogP) is 2.76. The van der Waals surface area contributed by atoms with E-state index >= 15 is 0 Å². The van der Waals surface area contributed by atoms with Gasteiger partial charge in [0.05, 0.1) is 5.75 Å². The monoisotopic (exact) mass is 299 g/mol. The zero-order chi connectivity index (χ0) is 14.8. The number of thioether (sulfide) groups is 1. The lowest BCUT2D eigenvalue weighted by Crippen LogP contribution is -2.06. The molecule has 0 spiro atoms. The molecular weight excluding hydrogens is 288 g/mol. The number of alkyl halides is 2. The molecule has 1 heterocycles. The number of H-pyrrole nitrogens is 1. The van der Waals surface area contributed by atoms with Gasteiger partial charge in [-0.2, -0.15) is 0 Å². The summed E-state index contributed by atoms with van der Waals surface area (Å²) >= 11 is 0.977. The second-order valence-corrected chi connectivity index (χ2v) is 5.09. The largest absolute Gasteiger partial charge is 0.481 e. The van der Waals surface area contributed by atoms with Gasteiger partial charge in [-0.1, -0.05) is 30.0 Å². The summed E-state index contributed by atoms with van der Waals surface area (Å²) in [4.78, 5) is 13.2. The molecule has 1 aromatic heterocycles. The van der Waals surface area contributed by atoms with Gasteiger partial charge in [-0.15, -0.1) is 10.2 Å². The van der Waals surface area contributed by atoms with E-state index in [1.807, 2.05) is 0 Å². The van der Waals surface area contributed by atoms with Crippen LogP contribution < -0.4 is 0 Å². The van der Waals surface area contributed by atoms with Gasteiger partial charge in [0.1, 0.15) is 0 Å². The summed E-state index contributed by atoms with van der Waals surface area (Å²) in [7, 11) is 0. The molecule has 5 nitrogen and oxygen atoms in total. The number of carbonyl (C=O) groups is 1. The first-order valence-electron chi connectivity index (χ1n) is 5.62. The summed E-state index contributed by atoms with van der Waals surface area (Å²) in [5, 5.41) is 16.5. The number of rotatable bonds is 5. The molecule has 2 aromatic rings. The zero-order valence-electron chi connectivity index (χ0n) is 10.4. The molecule has 20 heavy (non-hydrogen) atoms. The van der Waals surface area contributed by atoms with E-state index < -0.39 is 11.9 Å². The Bertz CT molecular complexity index is 625. The minimum absolute atomic E-state index is 0.119. The van der Waals surface area contributed by atoms with Crippen molar-refractivity contribution in [1.29, 1.82) is 0 Å². The van der Waals surface area contributed by atoms with Crippen LogP contribution in [0.3, 0.4) is 0 Å². The van der Waals surface area contributed by atoms with Crippen LogP contribution >= 0.6 is 11.8 Å². The molecule has 0 saturated heterocycles. The fourth-order valence-electron chi connectivity index (χ4n) is 1.51. The molecule has 0 radical (unpaired) electrons. The van der Waals surface area contributed by atoms with Crippen LogP contribution in [0.1, 0.15) is 12.5 Å². The van der Waals surface area contributed by atoms with Crippen LogP contribution in [0, 0.1) is 0 Å². The summed E-state index contributed by atoms with van der Waals surface area (Å²) < 4.78 is 26.5. The third kappa shape index (κ3) is 3.53. The van der Waals surface area contributed by atoms with E-state index in [4.69, 9.17) is 5.11 Å². The Hall–Kier alpha value is -1.96. The van der Waals surface area contributed by atoms with Crippen molar-refractivity contribution in [3.63, 3.8) is 0 Å². The standard InChI is InChI=1S/C12H11F2N3O2S/c1-12(13,14)8-4-2-3-7(5-8)10-15-11(17-16-10)20-6-9(18)19/h2-5H,6H2,1H3,(H,18,19)(H,15,16,17). The summed E-state index contributed by atoms with van der Waals surface area (Å²) in [6.45, 7) is 0.820. The van der Waals surface area contributed by atoms with E-state index in [-0.39, 0.29) is 11.3 Å². The van der Waals surface area contributed by atoms with Crippen LogP contribution in [-0.2, 0) is 10.7 Å². The minimum atomic E-state index is -2.93. The van der Waals surface area contributed by atoms with Crippen LogP contribution in [0.25, 0.3) is 11.4 Å². The molecule has 2 rings (SSSR count).